The summed E-state index contributed by atoms with van der Waals surface area (Å²) in [6, 6.07) is 7.28. The molecule has 1 aromatic rings. The molecule has 1 heterocycles. The zero-order valence-electron chi connectivity index (χ0n) is 14.4. The lowest BCUT2D eigenvalue weighted by Crippen LogP contribution is -2.47. The van der Waals surface area contributed by atoms with E-state index in [9.17, 15) is 9.59 Å². The molecular weight excluding hydrogens is 316 g/mol. The topological polar surface area (TPSA) is 49.9 Å². The Morgan fingerprint density at radius 2 is 2.04 bits per heavy atom. The molecule has 2 amide bonds. The maximum Gasteiger partial charge on any atom is 0.242 e. The first-order valence-electron chi connectivity index (χ1n) is 8.90. The van der Waals surface area contributed by atoms with E-state index in [1.54, 1.807) is 15.9 Å². The largest absolute Gasteiger partial charge is 0.378 e. The Kier molecular flexibility index (Phi) is 5.72. The summed E-state index contributed by atoms with van der Waals surface area (Å²) in [6.07, 6.45) is 9.37. The van der Waals surface area contributed by atoms with E-state index in [0.717, 1.165) is 12.8 Å². The number of amides is 2. The number of carbonyl (C=O) groups is 2. The van der Waals surface area contributed by atoms with Crippen molar-refractivity contribution in [2.45, 2.75) is 25.7 Å². The van der Waals surface area contributed by atoms with E-state index in [-0.39, 0.29) is 18.4 Å². The second-order valence-electron chi connectivity index (χ2n) is 6.67. The molecule has 25 heavy (non-hydrogen) atoms. The van der Waals surface area contributed by atoms with Gasteiger partial charge in [0.25, 0.3) is 0 Å². The van der Waals surface area contributed by atoms with E-state index in [1.807, 2.05) is 18.2 Å². The quantitative estimate of drug-likeness (QED) is 0.771. The Morgan fingerprint density at radius 3 is 2.68 bits per heavy atom. The fourth-order valence-electron chi connectivity index (χ4n) is 3.19. The van der Waals surface area contributed by atoms with Crippen LogP contribution >= 0.6 is 0 Å². The van der Waals surface area contributed by atoms with Crippen molar-refractivity contribution in [2.24, 2.45) is 5.92 Å². The predicted octanol–water partition coefficient (Wildman–Crippen LogP) is 2.05. The normalized spacial score (nSPS) is 17.5. The number of hydrogen-bond donors (Lipinski definition) is 0. The summed E-state index contributed by atoms with van der Waals surface area (Å²) in [4.78, 5) is 28.8. The van der Waals surface area contributed by atoms with Crippen molar-refractivity contribution >= 4 is 17.5 Å². The number of terminal acetylenes is 1. The number of benzene rings is 1. The molecule has 0 bridgehead atoms. The molecule has 0 N–H and O–H groups in total. The summed E-state index contributed by atoms with van der Waals surface area (Å²) in [6.45, 7) is 2.31. The van der Waals surface area contributed by atoms with Crippen LogP contribution in [0.4, 0.5) is 5.69 Å². The number of anilines is 1. The summed E-state index contributed by atoms with van der Waals surface area (Å²) in [5, 5.41) is 0. The zero-order chi connectivity index (χ0) is 17.6. The Hall–Kier alpha value is -2.32. The van der Waals surface area contributed by atoms with Gasteiger partial charge in [-0.2, -0.15) is 0 Å². The Bertz CT molecular complexity index is 670. The van der Waals surface area contributed by atoms with Crippen LogP contribution in [-0.4, -0.2) is 49.6 Å². The van der Waals surface area contributed by atoms with Crippen molar-refractivity contribution in [3.63, 3.8) is 0 Å². The number of ether oxygens (including phenoxy) is 1. The molecule has 132 valence electrons. The standard InChI is InChI=1S/C20H24N2O3/c1-2-16-5-4-8-18(13-16)22(19(23)14-17-6-3-7-17)15-20(24)21-9-11-25-12-10-21/h1,4-5,8,13,17H,3,6-7,9-12,14-15H2. The van der Waals surface area contributed by atoms with Gasteiger partial charge in [-0.1, -0.05) is 18.4 Å². The van der Waals surface area contributed by atoms with Gasteiger partial charge in [0.1, 0.15) is 6.54 Å². The van der Waals surface area contributed by atoms with Gasteiger partial charge in [-0.25, -0.2) is 0 Å². The Morgan fingerprint density at radius 1 is 1.28 bits per heavy atom. The molecule has 1 aliphatic heterocycles. The van der Waals surface area contributed by atoms with E-state index in [1.165, 1.54) is 6.42 Å². The average Bonchev–Trinajstić information content (AvgIpc) is 2.63. The van der Waals surface area contributed by atoms with Crippen molar-refractivity contribution in [2.75, 3.05) is 37.7 Å². The highest BCUT2D eigenvalue weighted by atomic mass is 16.5. The Balaban J connectivity index is 1.76. The van der Waals surface area contributed by atoms with Crippen molar-refractivity contribution in [1.29, 1.82) is 0 Å². The summed E-state index contributed by atoms with van der Waals surface area (Å²) in [7, 11) is 0. The second-order valence-corrected chi connectivity index (χ2v) is 6.67. The monoisotopic (exact) mass is 340 g/mol. The van der Waals surface area contributed by atoms with Crippen LogP contribution in [0.2, 0.25) is 0 Å². The summed E-state index contributed by atoms with van der Waals surface area (Å²) < 4.78 is 5.30. The van der Waals surface area contributed by atoms with Gasteiger partial charge in [0.2, 0.25) is 11.8 Å². The molecule has 2 fully saturated rings. The maximum atomic E-state index is 12.8. The molecule has 0 aromatic heterocycles. The SMILES string of the molecule is C#Cc1cccc(N(CC(=O)N2CCOCC2)C(=O)CC2CCC2)c1. The first kappa shape index (κ1) is 17.5. The van der Waals surface area contributed by atoms with E-state index in [4.69, 9.17) is 11.2 Å². The van der Waals surface area contributed by atoms with E-state index < -0.39 is 0 Å². The first-order valence-corrected chi connectivity index (χ1v) is 8.90. The molecule has 0 spiro atoms. The first-order chi connectivity index (χ1) is 12.2. The van der Waals surface area contributed by atoms with Crippen LogP contribution in [0.15, 0.2) is 24.3 Å². The molecule has 1 aromatic carbocycles. The fraction of sp³-hybridized carbons (Fsp3) is 0.500. The minimum Gasteiger partial charge on any atom is -0.378 e. The summed E-state index contributed by atoms with van der Waals surface area (Å²) in [5.74, 6) is 2.99. The van der Waals surface area contributed by atoms with Gasteiger partial charge < -0.3 is 14.5 Å². The van der Waals surface area contributed by atoms with Gasteiger partial charge in [-0.3, -0.25) is 9.59 Å². The molecular formula is C20H24N2O3. The van der Waals surface area contributed by atoms with Gasteiger partial charge in [0.05, 0.1) is 13.2 Å². The van der Waals surface area contributed by atoms with Crippen LogP contribution in [0, 0.1) is 18.3 Å². The molecule has 3 rings (SSSR count). The van der Waals surface area contributed by atoms with E-state index in [0.29, 0.717) is 49.9 Å². The van der Waals surface area contributed by atoms with Gasteiger partial charge in [-0.05, 0) is 37.0 Å². The predicted molar refractivity (Wildman–Crippen MR) is 96.1 cm³/mol. The minimum absolute atomic E-state index is 0.000445. The number of rotatable bonds is 5. The molecule has 0 unspecified atom stereocenters. The lowest BCUT2D eigenvalue weighted by Gasteiger charge is -2.32. The smallest absolute Gasteiger partial charge is 0.242 e. The van der Waals surface area contributed by atoms with Gasteiger partial charge in [0.15, 0.2) is 0 Å². The van der Waals surface area contributed by atoms with Gasteiger partial charge in [0, 0.05) is 30.8 Å². The van der Waals surface area contributed by atoms with Crippen molar-refractivity contribution < 1.29 is 14.3 Å². The number of morpholine rings is 1. The van der Waals surface area contributed by atoms with Gasteiger partial charge >= 0.3 is 0 Å². The van der Waals surface area contributed by atoms with Crippen LogP contribution < -0.4 is 4.90 Å². The van der Waals surface area contributed by atoms with Crippen LogP contribution in [0.3, 0.4) is 0 Å². The number of hydrogen-bond acceptors (Lipinski definition) is 3. The molecule has 0 radical (unpaired) electrons. The summed E-state index contributed by atoms with van der Waals surface area (Å²) >= 11 is 0. The number of nitrogens with zero attached hydrogens (tertiary/aromatic N) is 2. The molecule has 0 atom stereocenters. The third-order valence-electron chi connectivity index (χ3n) is 4.97. The third kappa shape index (κ3) is 4.40. The van der Waals surface area contributed by atoms with Crippen molar-refractivity contribution in [1.82, 2.24) is 4.90 Å². The second kappa shape index (κ2) is 8.17. The molecule has 1 saturated carbocycles. The highest BCUT2D eigenvalue weighted by molar-refractivity contribution is 5.99. The zero-order valence-corrected chi connectivity index (χ0v) is 14.4. The number of carbonyl (C=O) groups excluding carboxylic acids is 2. The molecule has 5 nitrogen and oxygen atoms in total. The third-order valence-corrected chi connectivity index (χ3v) is 4.97. The van der Waals surface area contributed by atoms with E-state index in [2.05, 4.69) is 5.92 Å². The molecule has 1 saturated heterocycles. The van der Waals surface area contributed by atoms with Crippen LogP contribution in [0.1, 0.15) is 31.2 Å². The van der Waals surface area contributed by atoms with Gasteiger partial charge in [-0.15, -0.1) is 6.42 Å². The lowest BCUT2D eigenvalue weighted by molar-refractivity contribution is -0.135. The van der Waals surface area contributed by atoms with Crippen molar-refractivity contribution in [3.8, 4) is 12.3 Å². The van der Waals surface area contributed by atoms with E-state index >= 15 is 0 Å². The minimum atomic E-state index is -0.0450. The Labute approximate surface area is 148 Å². The molecule has 2 aliphatic rings. The summed E-state index contributed by atoms with van der Waals surface area (Å²) in [5.41, 5.74) is 1.40. The lowest BCUT2D eigenvalue weighted by atomic mass is 9.82. The van der Waals surface area contributed by atoms with Crippen molar-refractivity contribution in [3.05, 3.63) is 29.8 Å². The average molecular weight is 340 g/mol. The maximum absolute atomic E-state index is 12.8. The van der Waals surface area contributed by atoms with Crippen LogP contribution in [0.5, 0.6) is 0 Å². The molecule has 5 heteroatoms. The van der Waals surface area contributed by atoms with Crippen LogP contribution in [0.25, 0.3) is 0 Å². The highest BCUT2D eigenvalue weighted by Gasteiger charge is 2.27. The highest BCUT2D eigenvalue weighted by Crippen LogP contribution is 2.30. The van der Waals surface area contributed by atoms with Crippen LogP contribution in [-0.2, 0) is 14.3 Å². The fourth-order valence-corrected chi connectivity index (χ4v) is 3.19. The molecule has 1 aliphatic carbocycles.